The largest absolute Gasteiger partial charge is 0.365 e. The molecule has 1 fully saturated rings. The molecule has 1 unspecified atom stereocenters. The molecule has 2 aromatic heterocycles. The van der Waals surface area contributed by atoms with Crippen LogP contribution in [0.25, 0.3) is 6.08 Å². The van der Waals surface area contributed by atoms with Gasteiger partial charge in [-0.15, -0.1) is 11.3 Å². The number of pyridine rings is 1. The van der Waals surface area contributed by atoms with Crippen LogP contribution in [0.4, 0.5) is 10.8 Å². The summed E-state index contributed by atoms with van der Waals surface area (Å²) < 4.78 is 0. The molecule has 2 aromatic rings. The van der Waals surface area contributed by atoms with Gasteiger partial charge in [0.2, 0.25) is 0 Å². The highest BCUT2D eigenvalue weighted by Gasteiger charge is 2.36. The highest BCUT2D eigenvalue weighted by molar-refractivity contribution is 7.15. The summed E-state index contributed by atoms with van der Waals surface area (Å²) in [4.78, 5) is 38.0. The lowest BCUT2D eigenvalue weighted by molar-refractivity contribution is -0.145. The second-order valence-electron chi connectivity index (χ2n) is 8.53. The first-order valence-corrected chi connectivity index (χ1v) is 11.6. The number of rotatable bonds is 3. The molecule has 0 bridgehead atoms. The number of hydrogen-bond donors (Lipinski definition) is 2. The maximum absolute atomic E-state index is 13.2. The summed E-state index contributed by atoms with van der Waals surface area (Å²) in [5, 5.41) is 6.76. The normalized spacial score (nSPS) is 20.6. The summed E-state index contributed by atoms with van der Waals surface area (Å²) in [5.41, 5.74) is 4.61. The van der Waals surface area contributed by atoms with Crippen molar-refractivity contribution in [1.29, 1.82) is 0 Å². The highest BCUT2D eigenvalue weighted by Crippen LogP contribution is 2.36. The van der Waals surface area contributed by atoms with Crippen LogP contribution in [0.5, 0.6) is 0 Å². The van der Waals surface area contributed by atoms with Crippen molar-refractivity contribution in [3.8, 4) is 0 Å². The fourth-order valence-electron chi connectivity index (χ4n) is 4.32. The summed E-state index contributed by atoms with van der Waals surface area (Å²) in [6.45, 7) is 6.57. The van der Waals surface area contributed by atoms with Crippen LogP contribution in [0, 0.1) is 19.8 Å². The van der Waals surface area contributed by atoms with E-state index in [1.54, 1.807) is 22.4 Å². The molecule has 3 heterocycles. The number of fused-ring (bicyclic) bond motifs is 1. The molecule has 7 nitrogen and oxygen atoms in total. The van der Waals surface area contributed by atoms with Crippen molar-refractivity contribution in [2.75, 3.05) is 24.2 Å². The molecule has 2 atom stereocenters. The van der Waals surface area contributed by atoms with Gasteiger partial charge in [-0.3, -0.25) is 14.6 Å². The van der Waals surface area contributed by atoms with E-state index in [-0.39, 0.29) is 6.04 Å². The maximum Gasteiger partial charge on any atom is 0.313 e. The molecule has 2 amide bonds. The van der Waals surface area contributed by atoms with E-state index in [4.69, 9.17) is 0 Å². The van der Waals surface area contributed by atoms with E-state index >= 15 is 0 Å². The van der Waals surface area contributed by atoms with Crippen molar-refractivity contribution in [2.24, 2.45) is 5.92 Å². The predicted octanol–water partition coefficient (Wildman–Crippen LogP) is 3.79. The number of carbonyl (C=O) groups excluding carboxylic acids is 2. The van der Waals surface area contributed by atoms with Crippen LogP contribution in [-0.4, -0.2) is 46.3 Å². The summed E-state index contributed by atoms with van der Waals surface area (Å²) >= 11 is 1.68. The number of likely N-dealkylation sites (tertiary alicyclic amines) is 1. The average Bonchev–Trinajstić information content (AvgIpc) is 3.18. The summed E-state index contributed by atoms with van der Waals surface area (Å²) in [5.74, 6) is -0.714. The summed E-state index contributed by atoms with van der Waals surface area (Å²) in [6, 6.07) is 1.79. The van der Waals surface area contributed by atoms with Gasteiger partial charge in [-0.05, 0) is 68.7 Å². The molecule has 4 rings (SSSR count). The highest BCUT2D eigenvalue weighted by atomic mass is 32.1. The Bertz CT molecular complexity index is 1040. The zero-order valence-electron chi connectivity index (χ0n) is 18.5. The molecule has 1 aliphatic heterocycles. The van der Waals surface area contributed by atoms with E-state index < -0.39 is 11.8 Å². The molecule has 1 saturated heterocycles. The van der Waals surface area contributed by atoms with Gasteiger partial charge in [0, 0.05) is 24.2 Å². The first-order valence-electron chi connectivity index (χ1n) is 10.8. The van der Waals surface area contributed by atoms with E-state index in [1.165, 1.54) is 10.5 Å². The minimum atomic E-state index is -0.604. The van der Waals surface area contributed by atoms with Crippen molar-refractivity contribution in [1.82, 2.24) is 14.9 Å². The van der Waals surface area contributed by atoms with Crippen LogP contribution < -0.4 is 10.6 Å². The Balaban J connectivity index is 1.55. The van der Waals surface area contributed by atoms with Crippen LogP contribution in [0.15, 0.2) is 17.8 Å². The Morgan fingerprint density at radius 1 is 1.23 bits per heavy atom. The van der Waals surface area contributed by atoms with Gasteiger partial charge in [0.05, 0.1) is 23.6 Å². The molecule has 0 aromatic carbocycles. The number of anilines is 2. The van der Waals surface area contributed by atoms with Gasteiger partial charge in [0.25, 0.3) is 0 Å². The second kappa shape index (κ2) is 8.78. The smallest absolute Gasteiger partial charge is 0.313 e. The fraction of sp³-hybridized carbons (Fsp3) is 0.478. The van der Waals surface area contributed by atoms with E-state index in [0.29, 0.717) is 18.2 Å². The van der Waals surface area contributed by atoms with Crippen molar-refractivity contribution in [2.45, 2.75) is 52.5 Å². The topological polar surface area (TPSA) is 87.2 Å². The minimum Gasteiger partial charge on any atom is -0.365 e. The van der Waals surface area contributed by atoms with Gasteiger partial charge >= 0.3 is 11.8 Å². The number of aryl methyl sites for hydroxylation is 3. The van der Waals surface area contributed by atoms with Crippen LogP contribution in [0.3, 0.4) is 0 Å². The van der Waals surface area contributed by atoms with Crippen LogP contribution in [0.2, 0.25) is 0 Å². The van der Waals surface area contributed by atoms with Gasteiger partial charge in [-0.25, -0.2) is 4.98 Å². The average molecular weight is 440 g/mol. The Labute approximate surface area is 187 Å². The number of amides is 2. The minimum absolute atomic E-state index is 0.0554. The lowest BCUT2D eigenvalue weighted by Gasteiger charge is -2.40. The molecule has 31 heavy (non-hydrogen) atoms. The van der Waals surface area contributed by atoms with E-state index in [0.717, 1.165) is 47.8 Å². The lowest BCUT2D eigenvalue weighted by Crippen LogP contribution is -2.51. The van der Waals surface area contributed by atoms with Crippen molar-refractivity contribution >= 4 is 40.0 Å². The van der Waals surface area contributed by atoms with E-state index in [2.05, 4.69) is 33.6 Å². The molecule has 0 saturated carbocycles. The number of nitrogens with one attached hydrogen (secondary N) is 2. The Morgan fingerprint density at radius 3 is 2.77 bits per heavy atom. The van der Waals surface area contributed by atoms with Gasteiger partial charge in [-0.1, -0.05) is 6.92 Å². The Morgan fingerprint density at radius 2 is 2.03 bits per heavy atom. The third-order valence-electron chi connectivity index (χ3n) is 6.20. The van der Waals surface area contributed by atoms with E-state index in [9.17, 15) is 9.59 Å². The van der Waals surface area contributed by atoms with Crippen molar-refractivity contribution in [3.63, 3.8) is 0 Å². The van der Waals surface area contributed by atoms with Crippen molar-refractivity contribution in [3.05, 3.63) is 39.7 Å². The number of thiazole rings is 1. The lowest BCUT2D eigenvalue weighted by atomic mass is 9.85. The molecule has 0 spiro atoms. The zero-order valence-corrected chi connectivity index (χ0v) is 19.3. The number of aromatic nitrogens is 2. The molecule has 2 N–H and O–H groups in total. The Kier molecular flexibility index (Phi) is 6.09. The Hall–Kier alpha value is -2.74. The number of carbonyl (C=O) groups is 2. The molecular weight excluding hydrogens is 410 g/mol. The van der Waals surface area contributed by atoms with Crippen LogP contribution in [0.1, 0.15) is 48.0 Å². The van der Waals surface area contributed by atoms with Gasteiger partial charge in [-0.2, -0.15) is 0 Å². The zero-order chi connectivity index (χ0) is 22.1. The first kappa shape index (κ1) is 21.5. The number of nitrogens with zero attached hydrogens (tertiary/aromatic N) is 3. The fourth-order valence-corrected chi connectivity index (χ4v) is 5.21. The van der Waals surface area contributed by atoms with Gasteiger partial charge in [0.1, 0.15) is 0 Å². The number of piperidine rings is 1. The predicted molar refractivity (Wildman–Crippen MR) is 124 cm³/mol. The molecule has 0 radical (unpaired) electrons. The number of hydrogen-bond acceptors (Lipinski definition) is 6. The standard InChI is InChI=1S/C23H29N5O2S/c1-13-5-7-19(16-6-8-20-18(10-16)27-23(24-4)31-20)28(12-13)22(30)21(29)26-17-9-14(2)15(3)25-11-17/h9-11,13,19H,5-8,12H2,1-4H3,(H,24,27)(H,26,29)/t13-,19?/m1/s1. The third kappa shape index (κ3) is 4.49. The first-order chi connectivity index (χ1) is 14.9. The van der Waals surface area contributed by atoms with Gasteiger partial charge < -0.3 is 15.5 Å². The molecule has 2 aliphatic rings. The third-order valence-corrected chi connectivity index (χ3v) is 7.35. The second-order valence-corrected chi connectivity index (χ2v) is 9.62. The van der Waals surface area contributed by atoms with Gasteiger partial charge in [0.15, 0.2) is 5.13 Å². The van der Waals surface area contributed by atoms with Crippen molar-refractivity contribution < 1.29 is 9.59 Å². The van der Waals surface area contributed by atoms with Crippen LogP contribution >= 0.6 is 11.3 Å². The quantitative estimate of drug-likeness (QED) is 0.711. The molecule has 164 valence electrons. The molecular formula is C23H29N5O2S. The van der Waals surface area contributed by atoms with E-state index in [1.807, 2.05) is 27.0 Å². The van der Waals surface area contributed by atoms with Crippen LogP contribution in [-0.2, 0) is 16.0 Å². The molecule has 8 heteroatoms. The SMILES string of the molecule is CNc1nc2c(s1)CCC(C1CC[C@@H](C)CN1C(=O)C(=O)Nc1cnc(C)c(C)c1)=C2. The summed E-state index contributed by atoms with van der Waals surface area (Å²) in [6.07, 6.45) is 7.45. The maximum atomic E-state index is 13.2. The monoisotopic (exact) mass is 439 g/mol. The molecule has 1 aliphatic carbocycles. The summed E-state index contributed by atoms with van der Waals surface area (Å²) in [7, 11) is 1.88.